The molecule has 2 aliphatic carbocycles. The largest absolute Gasteiger partial charge is 0.512 e. The minimum absolute atomic E-state index is 0.0148. The van der Waals surface area contributed by atoms with Gasteiger partial charge in [0.15, 0.2) is 11.6 Å². The van der Waals surface area contributed by atoms with Crippen LogP contribution in [0.5, 0.6) is 5.75 Å². The molecule has 13 heteroatoms. The predicted molar refractivity (Wildman–Crippen MR) is 152 cm³/mol. The molecule has 2 heterocycles. The highest BCUT2D eigenvalue weighted by atomic mass is 35.5. The topological polar surface area (TPSA) is 150 Å². The van der Waals surface area contributed by atoms with Crippen LogP contribution >= 0.6 is 34.8 Å². The zero-order valence-corrected chi connectivity index (χ0v) is 23.8. The third kappa shape index (κ3) is 5.83. The summed E-state index contributed by atoms with van der Waals surface area (Å²) in [5, 5.41) is 59.9. The molecule has 2 aromatic rings. The Kier molecular flexibility index (Phi) is 8.37. The Bertz CT molecular complexity index is 1490. The van der Waals surface area contributed by atoms with Crippen molar-refractivity contribution in [2.24, 2.45) is 5.92 Å². The zero-order valence-electron chi connectivity index (χ0n) is 21.5. The Morgan fingerprint density at radius 3 is 2.49 bits per heavy atom. The number of nitrogens with one attached hydrogen (secondary N) is 1. The van der Waals surface area contributed by atoms with Gasteiger partial charge in [-0.3, -0.25) is 5.41 Å². The van der Waals surface area contributed by atoms with Crippen LogP contribution in [-0.2, 0) is 12.2 Å². The summed E-state index contributed by atoms with van der Waals surface area (Å²) in [6.07, 6.45) is 1.23. The van der Waals surface area contributed by atoms with Crippen molar-refractivity contribution in [1.29, 1.82) is 5.41 Å². The number of hydrogen-bond donors (Lipinski definition) is 6. The fraction of sp³-hybridized carbons (Fsp3) is 0.357. The molecule has 5 rings (SSSR count). The highest BCUT2D eigenvalue weighted by molar-refractivity contribution is 6.42. The lowest BCUT2D eigenvalue weighted by Crippen LogP contribution is -2.60. The molecule has 3 aliphatic rings. The average Bonchev–Trinajstić information content (AvgIpc) is 3.76. The second-order valence-electron chi connectivity index (χ2n) is 10.3. The standard InChI is InChI=1S/C28H27Cl3FN3O6/c29-18-6-15(3-4-17(18)28(40)11-35(12-28)27-20(32)5-13(9-36)8-34-27)41-10-16(25(38)14-1-2-14)24(33)22-19(30)7-21(37)26(39)23(22)31/h3-8,14,21,26,33,36-40H,1-2,9-12H2/b25-16-,33-24?. The Balaban J connectivity index is 1.31. The fourth-order valence-electron chi connectivity index (χ4n) is 4.82. The van der Waals surface area contributed by atoms with Crippen molar-refractivity contribution in [2.45, 2.75) is 37.3 Å². The van der Waals surface area contributed by atoms with E-state index in [1.165, 1.54) is 24.4 Å². The van der Waals surface area contributed by atoms with E-state index >= 15 is 0 Å². The smallest absolute Gasteiger partial charge is 0.166 e. The Morgan fingerprint density at radius 1 is 1.17 bits per heavy atom. The average molecular weight is 627 g/mol. The second kappa shape index (κ2) is 11.5. The number of β-amino-alcohol motifs (C(OH)–C–C–N with tert-alkyl or cyclic N) is 1. The minimum Gasteiger partial charge on any atom is -0.512 e. The maximum atomic E-state index is 14.4. The second-order valence-corrected chi connectivity index (χ2v) is 11.5. The molecule has 2 atom stereocenters. The number of pyridine rings is 1. The molecule has 0 amide bonds. The van der Waals surface area contributed by atoms with Crippen LogP contribution in [0.2, 0.25) is 5.02 Å². The number of anilines is 1. The summed E-state index contributed by atoms with van der Waals surface area (Å²) in [5.41, 5.74) is -0.761. The van der Waals surface area contributed by atoms with Gasteiger partial charge in [-0.15, -0.1) is 0 Å². The van der Waals surface area contributed by atoms with Gasteiger partial charge in [0.1, 0.15) is 35.9 Å². The van der Waals surface area contributed by atoms with Crippen LogP contribution in [0, 0.1) is 17.1 Å². The van der Waals surface area contributed by atoms with Crippen LogP contribution < -0.4 is 9.64 Å². The lowest BCUT2D eigenvalue weighted by atomic mass is 9.86. The number of hydrogen-bond acceptors (Lipinski definition) is 9. The van der Waals surface area contributed by atoms with E-state index in [0.717, 1.165) is 12.8 Å². The van der Waals surface area contributed by atoms with Crippen molar-refractivity contribution < 1.29 is 34.7 Å². The third-order valence-electron chi connectivity index (χ3n) is 7.29. The van der Waals surface area contributed by atoms with Crippen LogP contribution in [0.25, 0.3) is 0 Å². The van der Waals surface area contributed by atoms with E-state index < -0.39 is 23.6 Å². The molecular weight excluding hydrogens is 600 g/mol. The molecule has 2 fully saturated rings. The monoisotopic (exact) mass is 625 g/mol. The number of aromatic nitrogens is 1. The molecular formula is C28H27Cl3FN3O6. The molecule has 0 spiro atoms. The van der Waals surface area contributed by atoms with Gasteiger partial charge in [0.2, 0.25) is 0 Å². The van der Waals surface area contributed by atoms with Gasteiger partial charge >= 0.3 is 0 Å². The third-order valence-corrected chi connectivity index (χ3v) is 8.33. The van der Waals surface area contributed by atoms with Crippen molar-refractivity contribution in [2.75, 3.05) is 24.6 Å². The number of halogens is 4. The van der Waals surface area contributed by atoms with E-state index in [0.29, 0.717) is 16.9 Å². The molecule has 6 N–H and O–H groups in total. The first-order valence-electron chi connectivity index (χ1n) is 12.7. The molecule has 41 heavy (non-hydrogen) atoms. The van der Waals surface area contributed by atoms with E-state index in [-0.39, 0.29) is 75.7 Å². The molecule has 9 nitrogen and oxygen atoms in total. The van der Waals surface area contributed by atoms with E-state index in [1.807, 2.05) is 0 Å². The molecule has 218 valence electrons. The quantitative estimate of drug-likeness (QED) is 0.180. The number of aliphatic hydroxyl groups excluding tert-OH is 4. The van der Waals surface area contributed by atoms with Crippen LogP contribution in [0.3, 0.4) is 0 Å². The zero-order chi connectivity index (χ0) is 29.6. The van der Waals surface area contributed by atoms with Gasteiger partial charge in [0.25, 0.3) is 0 Å². The van der Waals surface area contributed by atoms with E-state index in [2.05, 4.69) is 4.98 Å². The van der Waals surface area contributed by atoms with Gasteiger partial charge in [-0.2, -0.15) is 0 Å². The first-order chi connectivity index (χ1) is 19.4. The molecule has 2 unspecified atom stereocenters. The van der Waals surface area contributed by atoms with E-state index in [9.17, 15) is 24.8 Å². The maximum absolute atomic E-state index is 14.4. The van der Waals surface area contributed by atoms with Crippen molar-refractivity contribution >= 4 is 46.3 Å². The molecule has 1 aromatic carbocycles. The van der Waals surface area contributed by atoms with Crippen LogP contribution in [0.15, 0.2) is 63.5 Å². The van der Waals surface area contributed by atoms with Gasteiger partial charge < -0.3 is 35.2 Å². The Morgan fingerprint density at radius 2 is 1.88 bits per heavy atom. The molecule has 0 bridgehead atoms. The summed E-state index contributed by atoms with van der Waals surface area (Å²) in [6.45, 7) is -0.501. The molecule has 1 aromatic heterocycles. The highest BCUT2D eigenvalue weighted by Gasteiger charge is 2.45. The van der Waals surface area contributed by atoms with Gasteiger partial charge in [0, 0.05) is 28.3 Å². The number of allylic oxidation sites excluding steroid dienone is 3. The van der Waals surface area contributed by atoms with Gasteiger partial charge in [-0.05, 0) is 42.7 Å². The number of aliphatic hydroxyl groups is 5. The summed E-state index contributed by atoms with van der Waals surface area (Å²) in [4.78, 5) is 5.60. The van der Waals surface area contributed by atoms with Gasteiger partial charge in [-0.25, -0.2) is 9.37 Å². The number of nitrogens with zero attached hydrogens (tertiary/aromatic N) is 2. The maximum Gasteiger partial charge on any atom is 0.166 e. The highest BCUT2D eigenvalue weighted by Crippen LogP contribution is 2.41. The fourth-order valence-corrected chi connectivity index (χ4v) is 5.86. The van der Waals surface area contributed by atoms with E-state index in [1.54, 1.807) is 17.0 Å². The Labute approximate surface area is 249 Å². The van der Waals surface area contributed by atoms with Crippen molar-refractivity contribution in [1.82, 2.24) is 4.98 Å². The summed E-state index contributed by atoms with van der Waals surface area (Å²) < 4.78 is 20.3. The normalized spacial score (nSPS) is 22.6. The van der Waals surface area contributed by atoms with Crippen LogP contribution in [0.4, 0.5) is 10.2 Å². The number of benzene rings is 1. The van der Waals surface area contributed by atoms with Gasteiger partial charge in [0.05, 0.1) is 41.0 Å². The van der Waals surface area contributed by atoms with E-state index in [4.69, 9.17) is 50.1 Å². The van der Waals surface area contributed by atoms with Crippen molar-refractivity contribution in [3.8, 4) is 5.75 Å². The summed E-state index contributed by atoms with van der Waals surface area (Å²) in [6, 6.07) is 5.84. The SMILES string of the molecule is N=C(C1=C(Cl)C(O)C(O)C=C1Cl)/C(COc1ccc(C2(O)CN(c3ncc(CO)cc3F)C2)c(Cl)c1)=C(\O)C1CC1. The predicted octanol–water partition coefficient (Wildman–Crippen LogP) is 4.05. The molecule has 1 aliphatic heterocycles. The Hall–Kier alpha value is -2.70. The van der Waals surface area contributed by atoms with Gasteiger partial charge in [-0.1, -0.05) is 40.9 Å². The summed E-state index contributed by atoms with van der Waals surface area (Å²) in [7, 11) is 0. The first-order valence-corrected chi connectivity index (χ1v) is 13.9. The summed E-state index contributed by atoms with van der Waals surface area (Å²) in [5.74, 6) is -0.441. The summed E-state index contributed by atoms with van der Waals surface area (Å²) >= 11 is 19.0. The molecule has 0 radical (unpaired) electrons. The lowest BCUT2D eigenvalue weighted by Gasteiger charge is -2.47. The number of rotatable bonds is 9. The molecule has 1 saturated heterocycles. The van der Waals surface area contributed by atoms with Crippen molar-refractivity contribution in [3.05, 3.63) is 85.5 Å². The lowest BCUT2D eigenvalue weighted by molar-refractivity contribution is 0.00672. The van der Waals surface area contributed by atoms with Crippen molar-refractivity contribution in [3.63, 3.8) is 0 Å². The molecule has 1 saturated carbocycles. The van der Waals surface area contributed by atoms with Crippen LogP contribution in [-0.4, -0.2) is 68.1 Å². The van der Waals surface area contributed by atoms with Crippen LogP contribution in [0.1, 0.15) is 24.0 Å². The first kappa shape index (κ1) is 29.8. The number of ether oxygens (including phenoxy) is 1. The minimum atomic E-state index is -1.47.